The molecule has 2 aliphatic heterocycles. The maximum atomic E-state index is 11.1. The van der Waals surface area contributed by atoms with E-state index in [2.05, 4.69) is 9.98 Å². The van der Waals surface area contributed by atoms with Gasteiger partial charge in [0.15, 0.2) is 0 Å². The van der Waals surface area contributed by atoms with Gasteiger partial charge in [0.25, 0.3) is 5.91 Å². The molecule has 0 aromatic carbocycles. The number of carbonyl (C=O) groups is 1. The van der Waals surface area contributed by atoms with Crippen LogP contribution in [-0.4, -0.2) is 24.8 Å². The summed E-state index contributed by atoms with van der Waals surface area (Å²) in [5, 5.41) is 0. The van der Waals surface area contributed by atoms with E-state index in [9.17, 15) is 4.79 Å². The van der Waals surface area contributed by atoms with Crippen molar-refractivity contribution in [2.45, 2.75) is 6.92 Å². The van der Waals surface area contributed by atoms with Gasteiger partial charge in [0.2, 0.25) is 5.90 Å². The van der Waals surface area contributed by atoms with Gasteiger partial charge in [-0.2, -0.15) is 4.99 Å². The van der Waals surface area contributed by atoms with Crippen molar-refractivity contribution in [2.24, 2.45) is 9.98 Å². The van der Waals surface area contributed by atoms with Crippen molar-refractivity contribution in [3.8, 4) is 0 Å². The zero-order valence-electron chi connectivity index (χ0n) is 6.00. The quantitative estimate of drug-likeness (QED) is 0.498. The van der Waals surface area contributed by atoms with Crippen molar-refractivity contribution in [2.75, 3.05) is 6.61 Å². The van der Waals surface area contributed by atoms with Crippen LogP contribution in [0.15, 0.2) is 21.1 Å². The van der Waals surface area contributed by atoms with Gasteiger partial charge in [0.05, 0.1) is 0 Å². The van der Waals surface area contributed by atoms with Gasteiger partial charge in [-0.25, -0.2) is 4.99 Å². The van der Waals surface area contributed by atoms with Gasteiger partial charge in [-0.1, -0.05) is 0 Å². The maximum absolute atomic E-state index is 11.1. The van der Waals surface area contributed by atoms with E-state index >= 15 is 0 Å². The van der Waals surface area contributed by atoms with E-state index in [0.29, 0.717) is 18.1 Å². The van der Waals surface area contributed by atoms with Crippen LogP contribution in [-0.2, 0) is 9.53 Å². The Morgan fingerprint density at radius 1 is 1.64 bits per heavy atom. The van der Waals surface area contributed by atoms with Crippen LogP contribution in [0.2, 0.25) is 0 Å². The first-order valence-corrected chi connectivity index (χ1v) is 3.26. The van der Waals surface area contributed by atoms with Crippen molar-refractivity contribution in [1.82, 2.24) is 0 Å². The van der Waals surface area contributed by atoms with Gasteiger partial charge in [-0.05, 0) is 12.5 Å². The first-order valence-electron chi connectivity index (χ1n) is 3.26. The third-order valence-corrected chi connectivity index (χ3v) is 1.63. The molecule has 0 bridgehead atoms. The van der Waals surface area contributed by atoms with Crippen molar-refractivity contribution in [3.63, 3.8) is 0 Å². The zero-order valence-corrected chi connectivity index (χ0v) is 6.00. The van der Waals surface area contributed by atoms with E-state index < -0.39 is 0 Å². The summed E-state index contributed by atoms with van der Waals surface area (Å²) in [5.74, 6) is 0.174. The number of carbonyl (C=O) groups excluding carboxylic acids is 1. The summed E-state index contributed by atoms with van der Waals surface area (Å²) in [4.78, 5) is 18.4. The predicted molar refractivity (Wildman–Crippen MR) is 39.6 cm³/mol. The topological polar surface area (TPSA) is 51.0 Å². The molecule has 11 heavy (non-hydrogen) atoms. The lowest BCUT2D eigenvalue weighted by atomic mass is 10.1. The SMILES string of the molecule is CC1=C2C(=O)N=CN=C2OC1. The average Bonchev–Trinajstić information content (AvgIpc) is 2.34. The van der Waals surface area contributed by atoms with Crippen LogP contribution in [0.5, 0.6) is 0 Å². The van der Waals surface area contributed by atoms with Gasteiger partial charge < -0.3 is 4.74 Å². The smallest absolute Gasteiger partial charge is 0.284 e. The summed E-state index contributed by atoms with van der Waals surface area (Å²) in [6.45, 7) is 2.31. The number of amides is 1. The fourth-order valence-electron chi connectivity index (χ4n) is 1.08. The lowest BCUT2D eigenvalue weighted by Crippen LogP contribution is -2.13. The third-order valence-electron chi connectivity index (χ3n) is 1.63. The molecule has 0 saturated heterocycles. The minimum absolute atomic E-state index is 0.245. The molecular weight excluding hydrogens is 144 g/mol. The second-order valence-corrected chi connectivity index (χ2v) is 2.43. The normalized spacial score (nSPS) is 21.5. The summed E-state index contributed by atoms with van der Waals surface area (Å²) >= 11 is 0. The Kier molecular flexibility index (Phi) is 1.15. The average molecular weight is 150 g/mol. The monoisotopic (exact) mass is 150 g/mol. The molecule has 1 amide bonds. The second-order valence-electron chi connectivity index (χ2n) is 2.43. The van der Waals surface area contributed by atoms with Crippen LogP contribution in [0.3, 0.4) is 0 Å². The number of ether oxygens (including phenoxy) is 1. The largest absolute Gasteiger partial charge is 0.473 e. The van der Waals surface area contributed by atoms with Crippen molar-refractivity contribution < 1.29 is 9.53 Å². The molecular formula is C7H6N2O2. The van der Waals surface area contributed by atoms with Crippen LogP contribution >= 0.6 is 0 Å². The maximum Gasteiger partial charge on any atom is 0.284 e. The molecule has 0 unspecified atom stereocenters. The molecule has 0 radical (unpaired) electrons. The van der Waals surface area contributed by atoms with E-state index in [1.165, 1.54) is 6.34 Å². The number of rotatable bonds is 0. The van der Waals surface area contributed by atoms with Crippen LogP contribution in [0, 0.1) is 0 Å². The standard InChI is InChI=1S/C7H6N2O2/c1-4-2-11-7-5(4)6(10)8-3-9-7/h3H,2H2,1H3. The molecule has 2 rings (SSSR count). The van der Waals surface area contributed by atoms with Crippen LogP contribution in [0.25, 0.3) is 0 Å². The fourth-order valence-corrected chi connectivity index (χ4v) is 1.08. The molecule has 0 saturated carbocycles. The first kappa shape index (κ1) is 6.27. The molecule has 0 aliphatic carbocycles. The summed E-state index contributed by atoms with van der Waals surface area (Å²) in [5.41, 5.74) is 1.44. The van der Waals surface area contributed by atoms with Crippen molar-refractivity contribution in [1.29, 1.82) is 0 Å². The molecule has 0 atom stereocenters. The molecule has 0 N–H and O–H groups in total. The number of hydrogen-bond donors (Lipinski definition) is 0. The first-order chi connectivity index (χ1) is 5.29. The van der Waals surface area contributed by atoms with E-state index in [1.807, 2.05) is 6.92 Å². The van der Waals surface area contributed by atoms with Crippen LogP contribution in [0.1, 0.15) is 6.92 Å². The van der Waals surface area contributed by atoms with Gasteiger partial charge in [0, 0.05) is 0 Å². The van der Waals surface area contributed by atoms with Crippen LogP contribution in [0.4, 0.5) is 0 Å². The third kappa shape index (κ3) is 0.790. The molecule has 2 aliphatic rings. The Balaban J connectivity index is 2.54. The van der Waals surface area contributed by atoms with Gasteiger partial charge in [0.1, 0.15) is 18.5 Å². The number of aliphatic imine (C=N–C) groups is 2. The molecule has 0 aromatic heterocycles. The van der Waals surface area contributed by atoms with E-state index in [-0.39, 0.29) is 5.91 Å². The number of nitrogens with zero attached hydrogens (tertiary/aromatic N) is 2. The summed E-state index contributed by atoms with van der Waals surface area (Å²) in [6, 6.07) is 0. The fraction of sp³-hybridized carbons (Fsp3) is 0.286. The van der Waals surface area contributed by atoms with Gasteiger partial charge in [-0.3, -0.25) is 4.79 Å². The lowest BCUT2D eigenvalue weighted by molar-refractivity contribution is -0.113. The highest BCUT2D eigenvalue weighted by molar-refractivity contribution is 6.25. The highest BCUT2D eigenvalue weighted by atomic mass is 16.5. The molecule has 4 heteroatoms. The molecule has 0 spiro atoms. The molecule has 2 heterocycles. The van der Waals surface area contributed by atoms with E-state index in [0.717, 1.165) is 5.57 Å². The van der Waals surface area contributed by atoms with E-state index in [1.54, 1.807) is 0 Å². The molecule has 0 fully saturated rings. The van der Waals surface area contributed by atoms with Crippen LogP contribution < -0.4 is 0 Å². The molecule has 56 valence electrons. The van der Waals surface area contributed by atoms with Crippen molar-refractivity contribution >= 4 is 18.1 Å². The Bertz CT molecular complexity index is 312. The predicted octanol–water partition coefficient (Wildman–Crippen LogP) is 0.300. The Morgan fingerprint density at radius 3 is 3.18 bits per heavy atom. The Morgan fingerprint density at radius 2 is 2.45 bits per heavy atom. The molecule has 4 nitrogen and oxygen atoms in total. The summed E-state index contributed by atoms with van der Waals surface area (Å²) in [7, 11) is 0. The minimum atomic E-state index is -0.245. The number of fused-ring (bicyclic) bond motifs is 1. The highest BCUT2D eigenvalue weighted by Gasteiger charge is 2.27. The minimum Gasteiger partial charge on any atom is -0.473 e. The van der Waals surface area contributed by atoms with Gasteiger partial charge >= 0.3 is 0 Å². The lowest BCUT2D eigenvalue weighted by Gasteiger charge is -2.01. The molecule has 0 aromatic rings. The zero-order chi connectivity index (χ0) is 7.84. The second kappa shape index (κ2) is 2.02. The van der Waals surface area contributed by atoms with Crippen molar-refractivity contribution in [3.05, 3.63) is 11.1 Å². The summed E-state index contributed by atoms with van der Waals surface area (Å²) < 4.78 is 5.10. The highest BCUT2D eigenvalue weighted by Crippen LogP contribution is 2.19. The number of hydrogen-bond acceptors (Lipinski definition) is 3. The van der Waals surface area contributed by atoms with E-state index in [4.69, 9.17) is 4.74 Å². The van der Waals surface area contributed by atoms with Gasteiger partial charge in [-0.15, -0.1) is 0 Å². The Labute approximate surface area is 63.3 Å². The summed E-state index contributed by atoms with van der Waals surface area (Å²) in [6.07, 6.45) is 1.22. The Hall–Kier alpha value is -1.45.